The summed E-state index contributed by atoms with van der Waals surface area (Å²) in [5, 5.41) is 12.5. The molecule has 1 aliphatic rings. The van der Waals surface area contributed by atoms with Gasteiger partial charge in [0.15, 0.2) is 0 Å². The molecule has 88 valence electrons. The lowest BCUT2D eigenvalue weighted by Gasteiger charge is -2.24. The van der Waals surface area contributed by atoms with E-state index in [9.17, 15) is 4.79 Å². The SMILES string of the molecule is O=C(O)NC1CCn2c(cc3ccccc32)C1. The summed E-state index contributed by atoms with van der Waals surface area (Å²) >= 11 is 0. The topological polar surface area (TPSA) is 54.3 Å². The van der Waals surface area contributed by atoms with Crippen molar-refractivity contribution in [2.24, 2.45) is 0 Å². The van der Waals surface area contributed by atoms with Gasteiger partial charge in [-0.15, -0.1) is 0 Å². The molecule has 0 saturated carbocycles. The number of aromatic nitrogens is 1. The number of para-hydroxylation sites is 1. The molecule has 3 rings (SSSR count). The van der Waals surface area contributed by atoms with Gasteiger partial charge in [0.2, 0.25) is 0 Å². The van der Waals surface area contributed by atoms with Gasteiger partial charge in [-0.25, -0.2) is 4.79 Å². The number of benzene rings is 1. The van der Waals surface area contributed by atoms with Gasteiger partial charge in [-0.2, -0.15) is 0 Å². The van der Waals surface area contributed by atoms with Crippen molar-refractivity contribution in [3.8, 4) is 0 Å². The van der Waals surface area contributed by atoms with Crippen molar-refractivity contribution < 1.29 is 9.90 Å². The van der Waals surface area contributed by atoms with Gasteiger partial charge in [0.1, 0.15) is 0 Å². The van der Waals surface area contributed by atoms with Gasteiger partial charge in [0.05, 0.1) is 0 Å². The van der Waals surface area contributed by atoms with Gasteiger partial charge < -0.3 is 15.0 Å². The third-order valence-corrected chi connectivity index (χ3v) is 3.38. The molecule has 1 unspecified atom stereocenters. The zero-order valence-corrected chi connectivity index (χ0v) is 9.39. The Hall–Kier alpha value is -1.97. The van der Waals surface area contributed by atoms with Crippen molar-refractivity contribution >= 4 is 17.0 Å². The summed E-state index contributed by atoms with van der Waals surface area (Å²) in [6.07, 6.45) is 0.707. The van der Waals surface area contributed by atoms with Gasteiger partial charge in [-0.1, -0.05) is 18.2 Å². The molecule has 0 spiro atoms. The maximum absolute atomic E-state index is 10.6. The molecule has 1 aromatic heterocycles. The van der Waals surface area contributed by atoms with Crippen LogP contribution in [-0.4, -0.2) is 21.8 Å². The van der Waals surface area contributed by atoms with E-state index < -0.39 is 6.09 Å². The summed E-state index contributed by atoms with van der Waals surface area (Å²) in [5.74, 6) is 0. The number of carbonyl (C=O) groups is 1. The Morgan fingerprint density at radius 3 is 3.06 bits per heavy atom. The third kappa shape index (κ3) is 1.75. The van der Waals surface area contributed by atoms with Crippen LogP contribution in [0.15, 0.2) is 30.3 Å². The fraction of sp³-hybridized carbons (Fsp3) is 0.308. The van der Waals surface area contributed by atoms with Crippen LogP contribution in [0, 0.1) is 0 Å². The fourth-order valence-corrected chi connectivity index (χ4v) is 2.64. The van der Waals surface area contributed by atoms with Crippen LogP contribution in [0.3, 0.4) is 0 Å². The summed E-state index contributed by atoms with van der Waals surface area (Å²) < 4.78 is 2.29. The molecule has 2 aromatic rings. The van der Waals surface area contributed by atoms with E-state index in [0.717, 1.165) is 19.4 Å². The van der Waals surface area contributed by atoms with Crippen LogP contribution >= 0.6 is 0 Å². The molecule has 4 nitrogen and oxygen atoms in total. The Bertz CT molecular complexity index is 574. The van der Waals surface area contributed by atoms with Crippen LogP contribution in [0.25, 0.3) is 10.9 Å². The number of fused-ring (bicyclic) bond motifs is 3. The summed E-state index contributed by atoms with van der Waals surface area (Å²) in [5.41, 5.74) is 2.47. The number of aryl methyl sites for hydroxylation is 1. The van der Waals surface area contributed by atoms with Crippen LogP contribution < -0.4 is 5.32 Å². The smallest absolute Gasteiger partial charge is 0.404 e. The van der Waals surface area contributed by atoms with Crippen LogP contribution in [0.2, 0.25) is 0 Å². The number of amides is 1. The molecule has 1 aliphatic heterocycles. The molecule has 0 saturated heterocycles. The van der Waals surface area contributed by atoms with Crippen LogP contribution in [0.4, 0.5) is 4.79 Å². The first kappa shape index (κ1) is 10.2. The van der Waals surface area contributed by atoms with Crippen LogP contribution in [0.5, 0.6) is 0 Å². The largest absolute Gasteiger partial charge is 0.465 e. The second kappa shape index (κ2) is 3.80. The van der Waals surface area contributed by atoms with Crippen LogP contribution in [0.1, 0.15) is 12.1 Å². The Balaban J connectivity index is 1.95. The molecule has 0 aliphatic carbocycles. The highest BCUT2D eigenvalue weighted by Gasteiger charge is 2.21. The van der Waals surface area contributed by atoms with Gasteiger partial charge in [0, 0.05) is 30.2 Å². The minimum absolute atomic E-state index is 0.0457. The molecule has 2 N–H and O–H groups in total. The number of hydrogen-bond acceptors (Lipinski definition) is 1. The second-order valence-corrected chi connectivity index (χ2v) is 4.49. The Kier molecular flexibility index (Phi) is 2.28. The molecule has 1 amide bonds. The average molecular weight is 230 g/mol. The maximum atomic E-state index is 10.6. The highest BCUT2D eigenvalue weighted by molar-refractivity contribution is 5.81. The number of hydrogen-bond donors (Lipinski definition) is 2. The maximum Gasteiger partial charge on any atom is 0.404 e. The summed E-state index contributed by atoms with van der Waals surface area (Å²) in [7, 11) is 0. The Morgan fingerprint density at radius 2 is 2.24 bits per heavy atom. The minimum Gasteiger partial charge on any atom is -0.465 e. The lowest BCUT2D eigenvalue weighted by atomic mass is 10.0. The molecule has 0 bridgehead atoms. The lowest BCUT2D eigenvalue weighted by molar-refractivity contribution is 0.187. The highest BCUT2D eigenvalue weighted by Crippen LogP contribution is 2.25. The average Bonchev–Trinajstić information content (AvgIpc) is 2.65. The standard InChI is InChI=1S/C13H14N2O2/c16-13(17)14-10-5-6-15-11(8-10)7-9-3-1-2-4-12(9)15/h1-4,7,10,14H,5-6,8H2,(H,16,17). The fourth-order valence-electron chi connectivity index (χ4n) is 2.64. The third-order valence-electron chi connectivity index (χ3n) is 3.38. The van der Waals surface area contributed by atoms with Gasteiger partial charge >= 0.3 is 6.09 Å². The molecule has 1 aromatic carbocycles. The Labute approximate surface area is 98.9 Å². The number of carboxylic acid groups (broad SMARTS) is 1. The number of rotatable bonds is 1. The van der Waals surface area contributed by atoms with Gasteiger partial charge in [0.25, 0.3) is 0 Å². The van der Waals surface area contributed by atoms with Crippen molar-refractivity contribution in [3.05, 3.63) is 36.0 Å². The van der Waals surface area contributed by atoms with Crippen molar-refractivity contribution in [1.29, 1.82) is 0 Å². The van der Waals surface area contributed by atoms with E-state index in [2.05, 4.69) is 28.1 Å². The van der Waals surface area contributed by atoms with Crippen molar-refractivity contribution in [3.63, 3.8) is 0 Å². The highest BCUT2D eigenvalue weighted by atomic mass is 16.4. The number of nitrogens with one attached hydrogen (secondary N) is 1. The van der Waals surface area contributed by atoms with E-state index in [1.807, 2.05) is 12.1 Å². The van der Waals surface area contributed by atoms with E-state index in [1.54, 1.807) is 0 Å². The van der Waals surface area contributed by atoms with Gasteiger partial charge in [-0.05, 0) is 23.9 Å². The summed E-state index contributed by atoms with van der Waals surface area (Å²) in [6, 6.07) is 10.5. The monoisotopic (exact) mass is 230 g/mol. The van der Waals surface area contributed by atoms with Crippen molar-refractivity contribution in [2.75, 3.05) is 0 Å². The van der Waals surface area contributed by atoms with E-state index >= 15 is 0 Å². The zero-order chi connectivity index (χ0) is 11.8. The van der Waals surface area contributed by atoms with E-state index in [-0.39, 0.29) is 6.04 Å². The normalized spacial score (nSPS) is 18.9. The van der Waals surface area contributed by atoms with Crippen molar-refractivity contribution in [1.82, 2.24) is 9.88 Å². The second-order valence-electron chi connectivity index (χ2n) is 4.49. The molecular formula is C13H14N2O2. The molecule has 1 atom stereocenters. The molecule has 0 radical (unpaired) electrons. The molecule has 17 heavy (non-hydrogen) atoms. The molecule has 4 heteroatoms. The molecule has 2 heterocycles. The van der Waals surface area contributed by atoms with Crippen molar-refractivity contribution in [2.45, 2.75) is 25.4 Å². The van der Waals surface area contributed by atoms with Gasteiger partial charge in [-0.3, -0.25) is 0 Å². The lowest BCUT2D eigenvalue weighted by Crippen LogP contribution is -2.39. The number of nitrogens with zero attached hydrogens (tertiary/aromatic N) is 1. The van der Waals surface area contributed by atoms with E-state index in [1.165, 1.54) is 16.6 Å². The first-order valence-electron chi connectivity index (χ1n) is 5.80. The predicted octanol–water partition coefficient (Wildman–Crippen LogP) is 2.22. The summed E-state index contributed by atoms with van der Waals surface area (Å²) in [4.78, 5) is 10.6. The first-order valence-corrected chi connectivity index (χ1v) is 5.80. The zero-order valence-electron chi connectivity index (χ0n) is 9.39. The van der Waals surface area contributed by atoms with E-state index in [0.29, 0.717) is 0 Å². The first-order chi connectivity index (χ1) is 8.24. The Morgan fingerprint density at radius 1 is 1.41 bits per heavy atom. The van der Waals surface area contributed by atoms with Crippen LogP contribution in [-0.2, 0) is 13.0 Å². The van der Waals surface area contributed by atoms with E-state index in [4.69, 9.17) is 5.11 Å². The predicted molar refractivity (Wildman–Crippen MR) is 65.2 cm³/mol. The molecule has 0 fully saturated rings. The summed E-state index contributed by atoms with van der Waals surface area (Å²) in [6.45, 7) is 0.883. The molecular weight excluding hydrogens is 216 g/mol. The quantitative estimate of drug-likeness (QED) is 0.789. The minimum atomic E-state index is -0.931.